The van der Waals surface area contributed by atoms with Crippen LogP contribution in [0.2, 0.25) is 0 Å². The summed E-state index contributed by atoms with van der Waals surface area (Å²) in [5.74, 6) is -0.814. The Morgan fingerprint density at radius 2 is 1.64 bits per heavy atom. The molecule has 180 valence electrons. The van der Waals surface area contributed by atoms with E-state index in [4.69, 9.17) is 9.05 Å². The normalized spacial score (nSPS) is 13.9. The van der Waals surface area contributed by atoms with Crippen LogP contribution in [0.5, 0.6) is 0 Å². The predicted molar refractivity (Wildman–Crippen MR) is 127 cm³/mol. The average Bonchev–Trinajstić information content (AvgIpc) is 3.01. The molecule has 3 rings (SSSR count). The van der Waals surface area contributed by atoms with Crippen LogP contribution in [0.1, 0.15) is 49.4 Å². The van der Waals surface area contributed by atoms with Gasteiger partial charge in [-0.15, -0.1) is 11.3 Å². The maximum Gasteiger partial charge on any atom is 0.416 e. The number of rotatable bonds is 8. The molecule has 0 bridgehead atoms. The van der Waals surface area contributed by atoms with Crippen LogP contribution in [0.3, 0.4) is 0 Å². The van der Waals surface area contributed by atoms with Crippen molar-refractivity contribution < 1.29 is 31.2 Å². The summed E-state index contributed by atoms with van der Waals surface area (Å²) in [6.45, 7) is 6.77. The van der Waals surface area contributed by atoms with Gasteiger partial charge in [-0.1, -0.05) is 18.2 Å². The minimum Gasteiger partial charge on any atom is -0.305 e. The molecule has 1 aromatic heterocycles. The molecule has 0 N–H and O–H groups in total. The molecular weight excluding hydrogens is 543 g/mol. The largest absolute Gasteiger partial charge is 0.416 e. The topological polar surface area (TPSA) is 35.5 Å². The van der Waals surface area contributed by atoms with E-state index in [1.54, 1.807) is 27.7 Å². The molecule has 10 heteroatoms. The van der Waals surface area contributed by atoms with Crippen molar-refractivity contribution in [2.45, 2.75) is 58.2 Å². The van der Waals surface area contributed by atoms with Crippen molar-refractivity contribution in [2.24, 2.45) is 0 Å². The average molecular weight is 567 g/mol. The maximum absolute atomic E-state index is 14.7. The van der Waals surface area contributed by atoms with Gasteiger partial charge in [0, 0.05) is 19.4 Å². The predicted octanol–water partition coefficient (Wildman–Crippen LogP) is 9.15. The fraction of sp³-hybridized carbons (Fsp3) is 0.391. The lowest BCUT2D eigenvalue weighted by atomic mass is 10.0. The van der Waals surface area contributed by atoms with Crippen LogP contribution in [-0.4, -0.2) is 12.2 Å². The van der Waals surface area contributed by atoms with Crippen LogP contribution in [0.4, 0.5) is 17.6 Å². The van der Waals surface area contributed by atoms with Gasteiger partial charge < -0.3 is 9.05 Å². The standard InChI is InChI=1S/C23H24BrF4O3PS/c1-13(2)30-32(29,31-14(3)4)19(22-21(24)17-7-5-6-8-20(17)33-22)12-15-11-16(23(26,27)28)9-10-18(15)25/h5-11,13-14,19H,12H2,1-4H3. The zero-order chi connectivity index (χ0) is 24.6. The first-order chi connectivity index (χ1) is 15.3. The Kier molecular flexibility index (Phi) is 8.12. The zero-order valence-electron chi connectivity index (χ0n) is 18.5. The van der Waals surface area contributed by atoms with E-state index in [-0.39, 0.29) is 12.0 Å². The van der Waals surface area contributed by atoms with Crippen molar-refractivity contribution in [3.8, 4) is 0 Å². The zero-order valence-corrected chi connectivity index (χ0v) is 21.7. The first-order valence-corrected chi connectivity index (χ1v) is 13.5. The third kappa shape index (κ3) is 6.06. The fourth-order valence-electron chi connectivity index (χ4n) is 3.47. The molecule has 0 amide bonds. The lowest BCUT2D eigenvalue weighted by molar-refractivity contribution is -0.137. The Hall–Kier alpha value is -1.25. The van der Waals surface area contributed by atoms with Gasteiger partial charge in [0.05, 0.1) is 17.8 Å². The van der Waals surface area contributed by atoms with E-state index in [9.17, 15) is 22.1 Å². The second kappa shape index (κ2) is 10.2. The van der Waals surface area contributed by atoms with Crippen molar-refractivity contribution in [2.75, 3.05) is 0 Å². The Balaban J connectivity index is 2.21. The Morgan fingerprint density at radius 3 is 2.18 bits per heavy atom. The van der Waals surface area contributed by atoms with Gasteiger partial charge in [0.1, 0.15) is 11.5 Å². The number of hydrogen-bond donors (Lipinski definition) is 0. The number of alkyl halides is 3. The minimum absolute atomic E-state index is 0.209. The first-order valence-electron chi connectivity index (χ1n) is 10.3. The number of fused-ring (bicyclic) bond motifs is 1. The highest BCUT2D eigenvalue weighted by molar-refractivity contribution is 9.10. The lowest BCUT2D eigenvalue weighted by Crippen LogP contribution is -2.16. The second-order valence-electron chi connectivity index (χ2n) is 8.15. The molecule has 0 saturated carbocycles. The van der Waals surface area contributed by atoms with Crippen molar-refractivity contribution in [1.29, 1.82) is 0 Å². The summed E-state index contributed by atoms with van der Waals surface area (Å²) in [4.78, 5) is 0.567. The Labute approximate surface area is 202 Å². The second-order valence-corrected chi connectivity index (χ2v) is 12.1. The highest BCUT2D eigenvalue weighted by Crippen LogP contribution is 2.66. The molecule has 0 radical (unpaired) electrons. The van der Waals surface area contributed by atoms with Crippen molar-refractivity contribution >= 4 is 44.9 Å². The maximum atomic E-state index is 14.7. The van der Waals surface area contributed by atoms with Crippen LogP contribution < -0.4 is 0 Å². The number of hydrogen-bond acceptors (Lipinski definition) is 4. The van der Waals surface area contributed by atoms with E-state index >= 15 is 0 Å². The van der Waals surface area contributed by atoms with Gasteiger partial charge >= 0.3 is 13.8 Å². The van der Waals surface area contributed by atoms with Crippen LogP contribution in [0.25, 0.3) is 10.1 Å². The Morgan fingerprint density at radius 1 is 1.03 bits per heavy atom. The van der Waals surface area contributed by atoms with E-state index < -0.39 is 43.0 Å². The van der Waals surface area contributed by atoms with Crippen LogP contribution in [-0.2, 0) is 26.2 Å². The monoisotopic (exact) mass is 566 g/mol. The van der Waals surface area contributed by atoms with E-state index in [1.807, 2.05) is 24.3 Å². The Bertz CT molecular complexity index is 1160. The number of halogens is 5. The lowest BCUT2D eigenvalue weighted by Gasteiger charge is -2.30. The SMILES string of the molecule is CC(C)OP(=O)(OC(C)C)C(Cc1cc(C(F)(F)F)ccc1F)c1sc2ccccc2c1Br. The van der Waals surface area contributed by atoms with E-state index in [1.165, 1.54) is 11.3 Å². The molecule has 3 aromatic rings. The summed E-state index contributed by atoms with van der Waals surface area (Å²) in [5, 5.41) is 0.854. The summed E-state index contributed by atoms with van der Waals surface area (Å²) in [7, 11) is -3.95. The third-order valence-corrected chi connectivity index (χ3v) is 9.96. The first kappa shape index (κ1) is 26.4. The summed E-state index contributed by atoms with van der Waals surface area (Å²) in [5.41, 5.74) is -2.20. The molecule has 0 aliphatic carbocycles. The summed E-state index contributed by atoms with van der Waals surface area (Å²) >= 11 is 4.88. The van der Waals surface area contributed by atoms with Crippen LogP contribution in [0.15, 0.2) is 46.9 Å². The van der Waals surface area contributed by atoms with Gasteiger partial charge in [0.15, 0.2) is 0 Å². The van der Waals surface area contributed by atoms with Crippen molar-refractivity contribution in [3.63, 3.8) is 0 Å². The molecule has 0 saturated heterocycles. The molecule has 0 fully saturated rings. The van der Waals surface area contributed by atoms with Gasteiger partial charge in [-0.05, 0) is 79.9 Å². The van der Waals surface area contributed by atoms with Gasteiger partial charge in [-0.2, -0.15) is 13.2 Å². The molecule has 0 aliphatic rings. The third-order valence-electron chi connectivity index (χ3n) is 4.75. The van der Waals surface area contributed by atoms with E-state index in [0.717, 1.165) is 22.2 Å². The molecule has 33 heavy (non-hydrogen) atoms. The summed E-state index contributed by atoms with van der Waals surface area (Å²) in [6.07, 6.45) is -5.91. The fourth-order valence-corrected chi connectivity index (χ4v) is 8.63. The van der Waals surface area contributed by atoms with Crippen LogP contribution >= 0.6 is 34.9 Å². The molecule has 1 heterocycles. The summed E-state index contributed by atoms with van der Waals surface area (Å²) < 4.78 is 81.9. The molecule has 3 nitrogen and oxygen atoms in total. The molecule has 2 aromatic carbocycles. The molecule has 1 unspecified atom stereocenters. The van der Waals surface area contributed by atoms with Crippen LogP contribution in [0, 0.1) is 5.82 Å². The quantitative estimate of drug-likeness (QED) is 0.201. The summed E-state index contributed by atoms with van der Waals surface area (Å²) in [6, 6.07) is 9.70. The molecule has 0 spiro atoms. The van der Waals surface area contributed by atoms with E-state index in [2.05, 4.69) is 15.9 Å². The minimum atomic E-state index is -4.64. The molecular formula is C23H24BrF4O3PS. The molecule has 1 atom stereocenters. The van der Waals surface area contributed by atoms with Gasteiger partial charge in [0.25, 0.3) is 0 Å². The van der Waals surface area contributed by atoms with Gasteiger partial charge in [0.2, 0.25) is 0 Å². The highest BCUT2D eigenvalue weighted by Gasteiger charge is 2.42. The number of benzene rings is 2. The van der Waals surface area contributed by atoms with Gasteiger partial charge in [-0.3, -0.25) is 4.57 Å². The molecule has 0 aliphatic heterocycles. The van der Waals surface area contributed by atoms with E-state index in [0.29, 0.717) is 15.4 Å². The highest BCUT2D eigenvalue weighted by atomic mass is 79.9. The van der Waals surface area contributed by atoms with Crippen molar-refractivity contribution in [3.05, 3.63) is 68.8 Å². The number of thiophene rings is 1. The van der Waals surface area contributed by atoms with Crippen molar-refractivity contribution in [1.82, 2.24) is 0 Å². The smallest absolute Gasteiger partial charge is 0.305 e. The van der Waals surface area contributed by atoms with Gasteiger partial charge in [-0.25, -0.2) is 4.39 Å².